The van der Waals surface area contributed by atoms with Crippen LogP contribution in [0.2, 0.25) is 0 Å². The van der Waals surface area contributed by atoms with Crippen molar-refractivity contribution in [3.05, 3.63) is 35.9 Å². The summed E-state index contributed by atoms with van der Waals surface area (Å²) in [7, 11) is 0. The second kappa shape index (κ2) is 6.06. The zero-order valence-electron chi connectivity index (χ0n) is 12.3. The molecule has 4 heteroatoms. The summed E-state index contributed by atoms with van der Waals surface area (Å²) in [4.78, 5) is 13.8. The largest absolute Gasteiger partial charge is 0.445 e. The third-order valence-corrected chi connectivity index (χ3v) is 4.94. The Hall–Kier alpha value is -1.55. The van der Waals surface area contributed by atoms with Crippen LogP contribution in [0, 0.1) is 5.92 Å². The van der Waals surface area contributed by atoms with Gasteiger partial charge >= 0.3 is 6.09 Å². The van der Waals surface area contributed by atoms with Crippen molar-refractivity contribution >= 4 is 6.09 Å². The van der Waals surface area contributed by atoms with Gasteiger partial charge in [0.1, 0.15) is 6.61 Å². The molecule has 0 bridgehead atoms. The van der Waals surface area contributed by atoms with E-state index in [1.54, 1.807) is 4.90 Å². The lowest BCUT2D eigenvalue weighted by Crippen LogP contribution is -2.50. The van der Waals surface area contributed by atoms with Gasteiger partial charge in [0.2, 0.25) is 0 Å². The molecule has 3 rings (SSSR count). The van der Waals surface area contributed by atoms with Gasteiger partial charge in [0.25, 0.3) is 0 Å². The Balaban J connectivity index is 1.44. The minimum atomic E-state index is -0.444. The first-order chi connectivity index (χ1) is 10.2. The monoisotopic (exact) mass is 289 g/mol. The van der Waals surface area contributed by atoms with Crippen molar-refractivity contribution in [1.29, 1.82) is 0 Å². The van der Waals surface area contributed by atoms with E-state index < -0.39 is 5.60 Å². The zero-order chi connectivity index (χ0) is 14.7. The second-order valence-corrected chi connectivity index (χ2v) is 6.26. The van der Waals surface area contributed by atoms with Crippen molar-refractivity contribution in [2.24, 2.45) is 5.92 Å². The maximum atomic E-state index is 12.1. The Labute approximate surface area is 125 Å². The van der Waals surface area contributed by atoms with E-state index in [2.05, 4.69) is 0 Å². The summed E-state index contributed by atoms with van der Waals surface area (Å²) in [5.41, 5.74) is 0.560. The summed E-state index contributed by atoms with van der Waals surface area (Å²) in [6.45, 7) is 1.71. The van der Waals surface area contributed by atoms with Crippen molar-refractivity contribution in [2.45, 2.75) is 44.3 Å². The Morgan fingerprint density at radius 3 is 2.48 bits per heavy atom. The van der Waals surface area contributed by atoms with Crippen LogP contribution in [0.15, 0.2) is 30.3 Å². The number of rotatable bonds is 3. The molecule has 114 valence electrons. The topological polar surface area (TPSA) is 49.8 Å². The molecule has 0 radical (unpaired) electrons. The van der Waals surface area contributed by atoms with E-state index >= 15 is 0 Å². The van der Waals surface area contributed by atoms with Gasteiger partial charge in [-0.05, 0) is 43.6 Å². The average molecular weight is 289 g/mol. The number of amides is 1. The van der Waals surface area contributed by atoms with Crippen LogP contribution in [-0.2, 0) is 11.3 Å². The third-order valence-electron chi connectivity index (χ3n) is 4.94. The fourth-order valence-corrected chi connectivity index (χ4v) is 3.36. The molecule has 1 saturated heterocycles. The maximum Gasteiger partial charge on any atom is 0.410 e. The molecule has 2 fully saturated rings. The van der Waals surface area contributed by atoms with Crippen LogP contribution in [-0.4, -0.2) is 34.8 Å². The van der Waals surface area contributed by atoms with E-state index in [0.29, 0.717) is 25.6 Å². The number of benzene rings is 1. The normalized spacial score (nSPS) is 21.7. The molecular weight excluding hydrogens is 266 g/mol. The highest BCUT2D eigenvalue weighted by Crippen LogP contribution is 2.42. The minimum Gasteiger partial charge on any atom is -0.445 e. The lowest BCUT2D eigenvalue weighted by Gasteiger charge is -2.46. The first kappa shape index (κ1) is 14.4. The highest BCUT2D eigenvalue weighted by Gasteiger charge is 2.43. The summed E-state index contributed by atoms with van der Waals surface area (Å²) >= 11 is 0. The molecule has 21 heavy (non-hydrogen) atoms. The molecule has 1 aliphatic carbocycles. The average Bonchev–Trinajstić information content (AvgIpc) is 2.51. The van der Waals surface area contributed by atoms with Crippen molar-refractivity contribution in [3.8, 4) is 0 Å². The molecule has 1 N–H and O–H groups in total. The highest BCUT2D eigenvalue weighted by atomic mass is 16.6. The van der Waals surface area contributed by atoms with E-state index in [1.165, 1.54) is 0 Å². The van der Waals surface area contributed by atoms with Crippen molar-refractivity contribution in [2.75, 3.05) is 13.1 Å². The van der Waals surface area contributed by atoms with Gasteiger partial charge in [-0.15, -0.1) is 0 Å². The molecule has 1 aromatic rings. The molecule has 0 spiro atoms. The Morgan fingerprint density at radius 1 is 1.24 bits per heavy atom. The van der Waals surface area contributed by atoms with E-state index in [0.717, 1.165) is 37.7 Å². The molecule has 1 aliphatic heterocycles. The van der Waals surface area contributed by atoms with Crippen LogP contribution >= 0.6 is 0 Å². The van der Waals surface area contributed by atoms with Crippen LogP contribution in [0.3, 0.4) is 0 Å². The smallest absolute Gasteiger partial charge is 0.410 e. The van der Waals surface area contributed by atoms with E-state index in [1.807, 2.05) is 30.3 Å². The Morgan fingerprint density at radius 2 is 1.90 bits per heavy atom. The maximum absolute atomic E-state index is 12.1. The molecule has 0 aromatic heterocycles. The molecule has 4 nitrogen and oxygen atoms in total. The first-order valence-corrected chi connectivity index (χ1v) is 7.85. The van der Waals surface area contributed by atoms with Crippen LogP contribution in [0.4, 0.5) is 4.79 Å². The Kier molecular flexibility index (Phi) is 4.15. The minimum absolute atomic E-state index is 0.238. The van der Waals surface area contributed by atoms with Crippen molar-refractivity contribution < 1.29 is 14.6 Å². The summed E-state index contributed by atoms with van der Waals surface area (Å²) in [5, 5.41) is 10.4. The summed E-state index contributed by atoms with van der Waals surface area (Å²) in [5.74, 6) is 0.351. The molecular formula is C17H23NO3. The molecule has 1 saturated carbocycles. The number of ether oxygens (including phenoxy) is 1. The number of carbonyl (C=O) groups is 1. The first-order valence-electron chi connectivity index (χ1n) is 7.85. The van der Waals surface area contributed by atoms with Crippen molar-refractivity contribution in [1.82, 2.24) is 4.90 Å². The fraction of sp³-hybridized carbons (Fsp3) is 0.588. The standard InChI is InChI=1S/C17H23NO3/c19-16(21-13-14-5-2-1-3-6-14)18-11-7-15(8-12-18)17(20)9-4-10-17/h1-3,5-6,15,20H,4,7-13H2. The van der Waals surface area contributed by atoms with Crippen molar-refractivity contribution in [3.63, 3.8) is 0 Å². The van der Waals surface area contributed by atoms with E-state index in [9.17, 15) is 9.90 Å². The summed E-state index contributed by atoms with van der Waals surface area (Å²) < 4.78 is 5.35. The highest BCUT2D eigenvalue weighted by molar-refractivity contribution is 5.67. The number of likely N-dealkylation sites (tertiary alicyclic amines) is 1. The zero-order valence-corrected chi connectivity index (χ0v) is 12.3. The number of piperidine rings is 1. The van der Waals surface area contributed by atoms with Gasteiger partial charge in [-0.2, -0.15) is 0 Å². The van der Waals surface area contributed by atoms with Gasteiger partial charge in [-0.3, -0.25) is 0 Å². The quantitative estimate of drug-likeness (QED) is 0.930. The van der Waals surface area contributed by atoms with Gasteiger partial charge in [0.05, 0.1) is 5.60 Å². The molecule has 0 unspecified atom stereocenters. The van der Waals surface area contributed by atoms with Crippen LogP contribution < -0.4 is 0 Å². The van der Waals surface area contributed by atoms with Crippen LogP contribution in [0.5, 0.6) is 0 Å². The number of hydrogen-bond acceptors (Lipinski definition) is 3. The van der Waals surface area contributed by atoms with E-state index in [4.69, 9.17) is 4.74 Å². The van der Waals surface area contributed by atoms with Crippen LogP contribution in [0.1, 0.15) is 37.7 Å². The lowest BCUT2D eigenvalue weighted by atomic mass is 9.68. The van der Waals surface area contributed by atoms with Gasteiger partial charge in [-0.25, -0.2) is 4.79 Å². The predicted octanol–water partition coefficient (Wildman–Crippen LogP) is 2.95. The van der Waals surface area contributed by atoms with Gasteiger partial charge in [0.15, 0.2) is 0 Å². The number of hydrogen-bond donors (Lipinski definition) is 1. The molecule has 2 aliphatic rings. The number of aliphatic hydroxyl groups is 1. The van der Waals surface area contributed by atoms with Gasteiger partial charge in [0, 0.05) is 13.1 Å². The molecule has 0 atom stereocenters. The molecule has 1 heterocycles. The van der Waals surface area contributed by atoms with Gasteiger partial charge < -0.3 is 14.7 Å². The Bertz CT molecular complexity index is 476. The fourth-order valence-electron chi connectivity index (χ4n) is 3.36. The second-order valence-electron chi connectivity index (χ2n) is 6.26. The predicted molar refractivity (Wildman–Crippen MR) is 79.7 cm³/mol. The van der Waals surface area contributed by atoms with Crippen LogP contribution in [0.25, 0.3) is 0 Å². The molecule has 1 amide bonds. The lowest BCUT2D eigenvalue weighted by molar-refractivity contribution is -0.0988. The number of carbonyl (C=O) groups excluding carboxylic acids is 1. The number of nitrogens with zero attached hydrogens (tertiary/aromatic N) is 1. The molecule has 1 aromatic carbocycles. The van der Waals surface area contributed by atoms with E-state index in [-0.39, 0.29) is 6.09 Å². The summed E-state index contributed by atoms with van der Waals surface area (Å²) in [6, 6.07) is 9.72. The van der Waals surface area contributed by atoms with Gasteiger partial charge in [-0.1, -0.05) is 30.3 Å². The summed E-state index contributed by atoms with van der Waals surface area (Å²) in [6.07, 6.45) is 4.52. The SMILES string of the molecule is O=C(OCc1ccccc1)N1CCC(C2(O)CCC2)CC1. The third kappa shape index (κ3) is 3.21.